The van der Waals surface area contributed by atoms with Crippen LogP contribution in [-0.4, -0.2) is 63.1 Å². The van der Waals surface area contributed by atoms with E-state index < -0.39 is 0 Å². The van der Waals surface area contributed by atoms with Gasteiger partial charge in [-0.3, -0.25) is 0 Å². The van der Waals surface area contributed by atoms with E-state index in [4.69, 9.17) is 5.11 Å². The zero-order chi connectivity index (χ0) is 2.71. The van der Waals surface area contributed by atoms with Crippen molar-refractivity contribution in [3.8, 4) is 0 Å². The molecular weight excluding hydrogens is 115 g/mol. The molecule has 29 valence electrons. The monoisotopic (exact) mass is 121 g/mol. The first kappa shape index (κ1) is 15.8. The van der Waals surface area contributed by atoms with Crippen LogP contribution in [0.5, 0.6) is 0 Å². The van der Waals surface area contributed by atoms with Crippen molar-refractivity contribution in [3.05, 3.63) is 0 Å². The Bertz CT molecular complexity index is 9.61. The minimum atomic E-state index is 0. The normalized spacial score (nSPS) is 3.60. The van der Waals surface area contributed by atoms with Crippen molar-refractivity contribution in [2.75, 3.05) is 6.61 Å². The Labute approximate surface area is 81.0 Å². The van der Waals surface area contributed by atoms with Crippen LogP contribution < -0.4 is 0 Å². The van der Waals surface area contributed by atoms with E-state index in [9.17, 15) is 0 Å². The Morgan fingerprint density at radius 3 is 1.60 bits per heavy atom. The van der Waals surface area contributed by atoms with Gasteiger partial charge >= 0.3 is 0 Å². The predicted molar refractivity (Wildman–Crippen MR) is 25.8 cm³/mol. The number of aliphatic hydroxyl groups excluding tert-OH is 1. The van der Waals surface area contributed by atoms with Crippen LogP contribution in [0.1, 0.15) is 6.92 Å². The van der Waals surface area contributed by atoms with Gasteiger partial charge in [-0.15, -0.1) is 12.4 Å². The third-order valence-electron chi connectivity index (χ3n) is 0. The average molecular weight is 122 g/mol. The Hall–Kier alpha value is 1.89. The molecule has 0 atom stereocenters. The van der Waals surface area contributed by atoms with Crippen molar-refractivity contribution >= 4 is 63.8 Å². The maximum atomic E-state index is 7.57. The third kappa shape index (κ3) is 25.0. The fourth-order valence-corrected chi connectivity index (χ4v) is 0. The van der Waals surface area contributed by atoms with E-state index in [0.29, 0.717) is 0 Å². The Morgan fingerprint density at radius 1 is 1.60 bits per heavy atom. The third-order valence-corrected chi connectivity index (χ3v) is 0. The summed E-state index contributed by atoms with van der Waals surface area (Å²) in [6.45, 7) is 1.93. The fourth-order valence-electron chi connectivity index (χ4n) is 0. The van der Waals surface area contributed by atoms with E-state index in [1.807, 2.05) is 0 Å². The Balaban J connectivity index is -0.0000000200. The van der Waals surface area contributed by atoms with Crippen molar-refractivity contribution in [2.45, 2.75) is 6.92 Å². The van der Waals surface area contributed by atoms with Gasteiger partial charge in [-0.25, -0.2) is 0 Å². The molecular formula is C2H7ClKO. The standard InChI is InChI=1S/C2H6O.ClH.K/c1-2-3;;/h3H,2H2,1H3;1H;. The molecule has 0 saturated heterocycles. The van der Waals surface area contributed by atoms with Gasteiger partial charge in [-0.05, 0) is 6.92 Å². The van der Waals surface area contributed by atoms with Gasteiger partial charge in [-0.1, -0.05) is 0 Å². The van der Waals surface area contributed by atoms with Crippen LogP contribution in [-0.2, 0) is 0 Å². The first-order valence-corrected chi connectivity index (χ1v) is 1.02. The number of rotatable bonds is 0. The molecule has 0 aromatic heterocycles. The van der Waals surface area contributed by atoms with Crippen LogP contribution in [0, 0.1) is 0 Å². The summed E-state index contributed by atoms with van der Waals surface area (Å²) in [5, 5.41) is 7.57. The Morgan fingerprint density at radius 2 is 1.60 bits per heavy atom. The van der Waals surface area contributed by atoms with Crippen LogP contribution in [0.4, 0.5) is 0 Å². The van der Waals surface area contributed by atoms with E-state index in [0.717, 1.165) is 0 Å². The second kappa shape index (κ2) is 16.9. The zero-order valence-corrected chi connectivity index (χ0v) is 7.50. The molecule has 0 aliphatic carbocycles. The molecule has 1 N–H and O–H groups in total. The van der Waals surface area contributed by atoms with Crippen LogP contribution in [0.3, 0.4) is 0 Å². The van der Waals surface area contributed by atoms with Gasteiger partial charge in [0.1, 0.15) is 0 Å². The van der Waals surface area contributed by atoms with E-state index >= 15 is 0 Å². The number of hydrogen-bond acceptors (Lipinski definition) is 1. The predicted octanol–water partition coefficient (Wildman–Crippen LogP) is 0.0396. The fraction of sp³-hybridized carbons (Fsp3) is 1.00. The molecule has 5 heavy (non-hydrogen) atoms. The summed E-state index contributed by atoms with van der Waals surface area (Å²) in [6.07, 6.45) is 0. The zero-order valence-electron chi connectivity index (χ0n) is 3.56. The molecule has 0 saturated carbocycles. The molecule has 0 aromatic carbocycles. The van der Waals surface area contributed by atoms with Crippen molar-refractivity contribution in [1.29, 1.82) is 0 Å². The van der Waals surface area contributed by atoms with Crippen molar-refractivity contribution < 1.29 is 5.11 Å². The van der Waals surface area contributed by atoms with Crippen molar-refractivity contribution in [2.24, 2.45) is 0 Å². The molecule has 0 heterocycles. The Kier molecular flexibility index (Phi) is 53.3. The second-order valence-electron chi connectivity index (χ2n) is 0.316. The second-order valence-corrected chi connectivity index (χ2v) is 0.316. The summed E-state index contributed by atoms with van der Waals surface area (Å²) >= 11 is 0. The average Bonchev–Trinajstić information content (AvgIpc) is 0.918. The van der Waals surface area contributed by atoms with Gasteiger partial charge in [0.05, 0.1) is 0 Å². The molecule has 0 fully saturated rings. The van der Waals surface area contributed by atoms with Crippen molar-refractivity contribution in [3.63, 3.8) is 0 Å². The minimum absolute atomic E-state index is 0. The van der Waals surface area contributed by atoms with Crippen molar-refractivity contribution in [1.82, 2.24) is 0 Å². The largest absolute Gasteiger partial charge is 0.397 e. The number of hydrogen-bond donors (Lipinski definition) is 1. The molecule has 0 rings (SSSR count). The SMILES string of the molecule is CCO.Cl.[K]. The van der Waals surface area contributed by atoms with Gasteiger partial charge in [0.25, 0.3) is 0 Å². The molecule has 1 radical (unpaired) electrons. The molecule has 1 nitrogen and oxygen atoms in total. The van der Waals surface area contributed by atoms with E-state index in [-0.39, 0.29) is 70.4 Å². The number of aliphatic hydroxyl groups is 1. The molecule has 0 aliphatic rings. The van der Waals surface area contributed by atoms with E-state index in [1.54, 1.807) is 6.92 Å². The molecule has 3 heteroatoms. The van der Waals surface area contributed by atoms with Crippen LogP contribution >= 0.6 is 12.4 Å². The quantitative estimate of drug-likeness (QED) is 0.449. The minimum Gasteiger partial charge on any atom is -0.397 e. The molecule has 0 aromatic rings. The van der Waals surface area contributed by atoms with Gasteiger partial charge < -0.3 is 5.11 Å². The van der Waals surface area contributed by atoms with Gasteiger partial charge in [-0.2, -0.15) is 0 Å². The van der Waals surface area contributed by atoms with Crippen LogP contribution in [0.25, 0.3) is 0 Å². The maximum absolute atomic E-state index is 7.57. The summed E-state index contributed by atoms with van der Waals surface area (Å²) in [7, 11) is 0. The molecule has 0 amide bonds. The first-order valence-electron chi connectivity index (χ1n) is 1.02. The van der Waals surface area contributed by atoms with Gasteiger partial charge in [0.2, 0.25) is 0 Å². The number of halogens is 1. The van der Waals surface area contributed by atoms with Gasteiger partial charge in [0.15, 0.2) is 0 Å². The smallest absolute Gasteiger partial charge is 0.0402 e. The molecule has 0 unspecified atom stereocenters. The van der Waals surface area contributed by atoms with Gasteiger partial charge in [0, 0.05) is 58.0 Å². The molecule has 0 spiro atoms. The van der Waals surface area contributed by atoms with E-state index in [2.05, 4.69) is 0 Å². The summed E-state index contributed by atoms with van der Waals surface area (Å²) in [6, 6.07) is 0. The maximum Gasteiger partial charge on any atom is 0.0402 e. The summed E-state index contributed by atoms with van der Waals surface area (Å²) in [5.41, 5.74) is 0. The summed E-state index contributed by atoms with van der Waals surface area (Å²) in [4.78, 5) is 0. The summed E-state index contributed by atoms with van der Waals surface area (Å²) < 4.78 is 0. The van der Waals surface area contributed by atoms with E-state index in [1.165, 1.54) is 0 Å². The molecule has 0 bridgehead atoms. The first-order chi connectivity index (χ1) is 1.41. The van der Waals surface area contributed by atoms with Crippen LogP contribution in [0.2, 0.25) is 0 Å². The van der Waals surface area contributed by atoms with Crippen LogP contribution in [0.15, 0.2) is 0 Å². The summed E-state index contributed by atoms with van der Waals surface area (Å²) in [5.74, 6) is 0. The molecule has 0 aliphatic heterocycles. The topological polar surface area (TPSA) is 20.2 Å².